The third kappa shape index (κ3) is 4.36. The third-order valence-corrected chi connectivity index (χ3v) is 2.68. The second kappa shape index (κ2) is 7.04. The summed E-state index contributed by atoms with van der Waals surface area (Å²) < 4.78 is 5.26. The molecule has 1 aliphatic rings. The normalized spacial score (nSPS) is 17.9. The van der Waals surface area contributed by atoms with E-state index in [1.165, 1.54) is 0 Å². The Morgan fingerprint density at radius 3 is 2.47 bits per heavy atom. The van der Waals surface area contributed by atoms with Crippen LogP contribution in [0.4, 0.5) is 0 Å². The minimum atomic E-state index is 0. The van der Waals surface area contributed by atoms with E-state index in [-0.39, 0.29) is 30.3 Å². The molecule has 0 radical (unpaired) electrons. The predicted molar refractivity (Wildman–Crippen MR) is 62.3 cm³/mol. The SMILES string of the molecule is COC(CNC(=O)C1CNC1)C(C)C.Cl. The van der Waals surface area contributed by atoms with Crippen molar-refractivity contribution in [2.45, 2.75) is 20.0 Å². The van der Waals surface area contributed by atoms with Gasteiger partial charge in [-0.1, -0.05) is 13.8 Å². The molecule has 2 N–H and O–H groups in total. The second-order valence-corrected chi connectivity index (χ2v) is 4.12. The number of amides is 1. The fraction of sp³-hybridized carbons (Fsp3) is 0.900. The Balaban J connectivity index is 0.00000196. The molecule has 0 aromatic carbocycles. The van der Waals surface area contributed by atoms with E-state index in [1.54, 1.807) is 7.11 Å². The smallest absolute Gasteiger partial charge is 0.225 e. The van der Waals surface area contributed by atoms with E-state index in [0.29, 0.717) is 12.5 Å². The van der Waals surface area contributed by atoms with Crippen molar-refractivity contribution in [3.63, 3.8) is 0 Å². The summed E-state index contributed by atoms with van der Waals surface area (Å²) in [4.78, 5) is 11.5. The number of rotatable bonds is 5. The van der Waals surface area contributed by atoms with Gasteiger partial charge in [0.2, 0.25) is 5.91 Å². The van der Waals surface area contributed by atoms with Gasteiger partial charge in [0.05, 0.1) is 12.0 Å². The van der Waals surface area contributed by atoms with Gasteiger partial charge in [-0.2, -0.15) is 0 Å². The summed E-state index contributed by atoms with van der Waals surface area (Å²) in [5.74, 6) is 0.742. The van der Waals surface area contributed by atoms with Gasteiger partial charge in [-0.15, -0.1) is 12.4 Å². The molecule has 0 aromatic heterocycles. The Kier molecular flexibility index (Phi) is 6.89. The molecule has 0 aromatic rings. The molecule has 1 amide bonds. The minimum Gasteiger partial charge on any atom is -0.379 e. The molecule has 15 heavy (non-hydrogen) atoms. The van der Waals surface area contributed by atoms with Crippen LogP contribution in [-0.2, 0) is 9.53 Å². The van der Waals surface area contributed by atoms with E-state index in [2.05, 4.69) is 24.5 Å². The predicted octanol–water partition coefficient (Wildman–Crippen LogP) is 0.415. The van der Waals surface area contributed by atoms with Gasteiger partial charge in [0, 0.05) is 26.7 Å². The van der Waals surface area contributed by atoms with Crippen LogP contribution in [0.2, 0.25) is 0 Å². The summed E-state index contributed by atoms with van der Waals surface area (Å²) in [6.45, 7) is 6.41. The number of carbonyl (C=O) groups excluding carboxylic acids is 1. The monoisotopic (exact) mass is 236 g/mol. The van der Waals surface area contributed by atoms with Gasteiger partial charge in [-0.05, 0) is 5.92 Å². The van der Waals surface area contributed by atoms with Crippen LogP contribution in [0.25, 0.3) is 0 Å². The number of ether oxygens (including phenoxy) is 1. The van der Waals surface area contributed by atoms with E-state index in [0.717, 1.165) is 13.1 Å². The maximum atomic E-state index is 11.5. The minimum absolute atomic E-state index is 0. The summed E-state index contributed by atoms with van der Waals surface area (Å²) >= 11 is 0. The van der Waals surface area contributed by atoms with Crippen LogP contribution in [0.1, 0.15) is 13.8 Å². The van der Waals surface area contributed by atoms with Gasteiger partial charge in [0.15, 0.2) is 0 Å². The number of carbonyl (C=O) groups is 1. The maximum Gasteiger partial charge on any atom is 0.225 e. The highest BCUT2D eigenvalue weighted by molar-refractivity contribution is 5.85. The van der Waals surface area contributed by atoms with E-state index < -0.39 is 0 Å². The first-order valence-electron chi connectivity index (χ1n) is 5.16. The second-order valence-electron chi connectivity index (χ2n) is 4.12. The van der Waals surface area contributed by atoms with Gasteiger partial charge in [0.1, 0.15) is 0 Å². The van der Waals surface area contributed by atoms with Crippen molar-refractivity contribution in [1.82, 2.24) is 10.6 Å². The first kappa shape index (κ1) is 14.7. The fourth-order valence-electron chi connectivity index (χ4n) is 1.41. The van der Waals surface area contributed by atoms with Gasteiger partial charge >= 0.3 is 0 Å². The molecule has 1 aliphatic heterocycles. The average Bonchev–Trinajstić information content (AvgIpc) is 2.01. The third-order valence-electron chi connectivity index (χ3n) is 2.68. The number of nitrogens with one attached hydrogen (secondary N) is 2. The number of methoxy groups -OCH3 is 1. The lowest BCUT2D eigenvalue weighted by Crippen LogP contribution is -2.52. The van der Waals surface area contributed by atoms with Gasteiger partial charge < -0.3 is 15.4 Å². The molecule has 1 rings (SSSR count). The fourth-order valence-corrected chi connectivity index (χ4v) is 1.41. The van der Waals surface area contributed by atoms with Crippen LogP contribution >= 0.6 is 12.4 Å². The zero-order chi connectivity index (χ0) is 10.6. The molecule has 1 atom stereocenters. The van der Waals surface area contributed by atoms with Crippen molar-refractivity contribution in [2.75, 3.05) is 26.7 Å². The first-order chi connectivity index (χ1) is 6.65. The molecule has 1 unspecified atom stereocenters. The Morgan fingerprint density at radius 1 is 1.53 bits per heavy atom. The summed E-state index contributed by atoms with van der Waals surface area (Å²) in [5, 5.41) is 5.99. The van der Waals surface area contributed by atoms with Crippen LogP contribution in [0.5, 0.6) is 0 Å². The molecule has 1 heterocycles. The Labute approximate surface area is 97.5 Å². The van der Waals surface area contributed by atoms with E-state index in [9.17, 15) is 4.79 Å². The molecule has 0 saturated carbocycles. The number of halogens is 1. The number of hydrogen-bond donors (Lipinski definition) is 2. The lowest BCUT2D eigenvalue weighted by atomic mass is 10.0. The zero-order valence-electron chi connectivity index (χ0n) is 9.58. The highest BCUT2D eigenvalue weighted by atomic mass is 35.5. The Morgan fingerprint density at radius 2 is 2.13 bits per heavy atom. The molecule has 1 fully saturated rings. The summed E-state index contributed by atoms with van der Waals surface area (Å²) in [6, 6.07) is 0. The van der Waals surface area contributed by atoms with Crippen molar-refractivity contribution >= 4 is 18.3 Å². The summed E-state index contributed by atoms with van der Waals surface area (Å²) in [6.07, 6.45) is 0.118. The average molecular weight is 237 g/mol. The maximum absolute atomic E-state index is 11.5. The summed E-state index contributed by atoms with van der Waals surface area (Å²) in [7, 11) is 1.68. The molecule has 0 bridgehead atoms. The quantitative estimate of drug-likeness (QED) is 0.727. The van der Waals surface area contributed by atoms with E-state index in [4.69, 9.17) is 4.74 Å². The van der Waals surface area contributed by atoms with E-state index in [1.807, 2.05) is 0 Å². The summed E-state index contributed by atoms with van der Waals surface area (Å²) in [5.41, 5.74) is 0. The zero-order valence-corrected chi connectivity index (χ0v) is 10.4. The molecule has 0 aliphatic carbocycles. The van der Waals surface area contributed by atoms with Crippen molar-refractivity contribution in [1.29, 1.82) is 0 Å². The van der Waals surface area contributed by atoms with Crippen molar-refractivity contribution in [2.24, 2.45) is 11.8 Å². The van der Waals surface area contributed by atoms with Crippen LogP contribution in [0.15, 0.2) is 0 Å². The molecular formula is C10H21ClN2O2. The molecule has 1 saturated heterocycles. The highest BCUT2D eigenvalue weighted by Gasteiger charge is 2.25. The molecule has 4 nitrogen and oxygen atoms in total. The lowest BCUT2D eigenvalue weighted by molar-refractivity contribution is -0.127. The van der Waals surface area contributed by atoms with Gasteiger partial charge in [0.25, 0.3) is 0 Å². The van der Waals surface area contributed by atoms with Crippen LogP contribution in [0.3, 0.4) is 0 Å². The largest absolute Gasteiger partial charge is 0.379 e. The lowest BCUT2D eigenvalue weighted by Gasteiger charge is -2.27. The number of hydrogen-bond acceptors (Lipinski definition) is 3. The topological polar surface area (TPSA) is 50.4 Å². The Bertz CT molecular complexity index is 196. The molecular weight excluding hydrogens is 216 g/mol. The van der Waals surface area contributed by atoms with Gasteiger partial charge in [-0.25, -0.2) is 0 Å². The molecule has 0 spiro atoms. The van der Waals surface area contributed by atoms with Crippen LogP contribution in [0, 0.1) is 11.8 Å². The van der Waals surface area contributed by atoms with Crippen LogP contribution in [-0.4, -0.2) is 38.8 Å². The van der Waals surface area contributed by atoms with Crippen LogP contribution < -0.4 is 10.6 Å². The first-order valence-corrected chi connectivity index (χ1v) is 5.16. The van der Waals surface area contributed by atoms with Crippen molar-refractivity contribution in [3.05, 3.63) is 0 Å². The highest BCUT2D eigenvalue weighted by Crippen LogP contribution is 2.06. The molecule has 90 valence electrons. The van der Waals surface area contributed by atoms with Gasteiger partial charge in [-0.3, -0.25) is 4.79 Å². The van der Waals surface area contributed by atoms with E-state index >= 15 is 0 Å². The molecule has 5 heteroatoms. The van der Waals surface area contributed by atoms with Crippen molar-refractivity contribution in [3.8, 4) is 0 Å². The Hall–Kier alpha value is -0.320. The van der Waals surface area contributed by atoms with Crippen molar-refractivity contribution < 1.29 is 9.53 Å². The standard InChI is InChI=1S/C10H20N2O2.ClH/c1-7(2)9(14-3)6-12-10(13)8-4-11-5-8;/h7-9,11H,4-6H2,1-3H3,(H,12,13);1H.